The van der Waals surface area contributed by atoms with Crippen molar-refractivity contribution in [1.82, 2.24) is 0 Å². The van der Waals surface area contributed by atoms with Gasteiger partial charge in [-0.05, 0) is 65.4 Å². The maximum absolute atomic E-state index is 13.4. The molecule has 0 aliphatic heterocycles. The molecule has 180 valence electrons. The number of ether oxygens (including phenoxy) is 2. The summed E-state index contributed by atoms with van der Waals surface area (Å²) in [6.45, 7) is 4.53. The fourth-order valence-electron chi connectivity index (χ4n) is 4.32. The normalized spacial score (nSPS) is 11.7. The molecule has 4 rings (SSSR count). The maximum Gasteiger partial charge on any atom is 0.231 e. The highest BCUT2D eigenvalue weighted by molar-refractivity contribution is 5.99. The Labute approximate surface area is 207 Å². The second-order valence-corrected chi connectivity index (χ2v) is 8.81. The molecule has 1 unspecified atom stereocenters. The second-order valence-electron chi connectivity index (χ2n) is 8.81. The molecule has 1 atom stereocenters. The lowest BCUT2D eigenvalue weighted by Crippen LogP contribution is -2.20. The molecule has 4 aromatic rings. The van der Waals surface area contributed by atoms with Gasteiger partial charge in [0, 0.05) is 5.69 Å². The van der Waals surface area contributed by atoms with Crippen LogP contribution in [-0.4, -0.2) is 13.0 Å². The molecule has 0 heterocycles. The molecule has 4 heteroatoms. The number of aryl methyl sites for hydroxylation is 1. The van der Waals surface area contributed by atoms with Crippen LogP contribution in [-0.2, 0) is 17.8 Å². The molecule has 0 aliphatic carbocycles. The van der Waals surface area contributed by atoms with Crippen molar-refractivity contribution in [2.75, 3.05) is 12.4 Å². The van der Waals surface area contributed by atoms with Gasteiger partial charge in [0.25, 0.3) is 0 Å². The van der Waals surface area contributed by atoms with Crippen LogP contribution in [0.3, 0.4) is 0 Å². The van der Waals surface area contributed by atoms with Gasteiger partial charge in [-0.1, -0.05) is 80.1 Å². The van der Waals surface area contributed by atoms with Crippen molar-refractivity contribution >= 4 is 22.4 Å². The van der Waals surface area contributed by atoms with Crippen LogP contribution >= 0.6 is 0 Å². The van der Waals surface area contributed by atoms with Crippen molar-refractivity contribution in [2.45, 2.75) is 45.6 Å². The fraction of sp³-hybridized carbons (Fsp3) is 0.258. The van der Waals surface area contributed by atoms with E-state index in [9.17, 15) is 4.79 Å². The van der Waals surface area contributed by atoms with Gasteiger partial charge in [0.1, 0.15) is 6.61 Å². The molecular formula is C31H33NO3. The highest BCUT2D eigenvalue weighted by atomic mass is 16.5. The summed E-state index contributed by atoms with van der Waals surface area (Å²) in [5, 5.41) is 5.48. The summed E-state index contributed by atoms with van der Waals surface area (Å²) in [6, 6.07) is 28.2. The fourth-order valence-corrected chi connectivity index (χ4v) is 4.32. The topological polar surface area (TPSA) is 47.6 Å². The molecule has 0 aromatic heterocycles. The van der Waals surface area contributed by atoms with E-state index in [4.69, 9.17) is 9.47 Å². The van der Waals surface area contributed by atoms with Crippen LogP contribution in [0.2, 0.25) is 0 Å². The molecule has 0 saturated carbocycles. The zero-order valence-electron chi connectivity index (χ0n) is 20.7. The van der Waals surface area contributed by atoms with Crippen LogP contribution in [0.4, 0.5) is 5.69 Å². The van der Waals surface area contributed by atoms with Crippen molar-refractivity contribution in [1.29, 1.82) is 0 Å². The molecule has 35 heavy (non-hydrogen) atoms. The Bertz CT molecular complexity index is 1290. The van der Waals surface area contributed by atoms with Crippen LogP contribution in [0.25, 0.3) is 10.8 Å². The average molecular weight is 468 g/mol. The molecule has 1 N–H and O–H groups in total. The number of unbranched alkanes of at least 4 members (excludes halogenated alkanes) is 1. The second kappa shape index (κ2) is 11.6. The third kappa shape index (κ3) is 5.83. The minimum Gasteiger partial charge on any atom is -0.493 e. The number of hydrogen-bond acceptors (Lipinski definition) is 3. The average Bonchev–Trinajstić information content (AvgIpc) is 2.90. The number of carbonyl (C=O) groups is 1. The Morgan fingerprint density at radius 2 is 1.66 bits per heavy atom. The van der Waals surface area contributed by atoms with Crippen molar-refractivity contribution in [3.05, 3.63) is 102 Å². The van der Waals surface area contributed by atoms with E-state index in [2.05, 4.69) is 42.6 Å². The van der Waals surface area contributed by atoms with E-state index in [1.807, 2.05) is 61.5 Å². The lowest BCUT2D eigenvalue weighted by atomic mass is 9.94. The molecular weight excluding hydrogens is 434 g/mol. The predicted molar refractivity (Wildman–Crippen MR) is 143 cm³/mol. The smallest absolute Gasteiger partial charge is 0.231 e. The summed E-state index contributed by atoms with van der Waals surface area (Å²) >= 11 is 0. The third-order valence-electron chi connectivity index (χ3n) is 6.38. The van der Waals surface area contributed by atoms with Gasteiger partial charge in [0.2, 0.25) is 5.91 Å². The Morgan fingerprint density at radius 3 is 2.46 bits per heavy atom. The SMILES string of the molecule is CCCCc1ccc(COc2ccccc2OC)cc1NC(=O)C(C)c1cccc2ccccc12. The van der Waals surface area contributed by atoms with Gasteiger partial charge < -0.3 is 14.8 Å². The summed E-state index contributed by atoms with van der Waals surface area (Å²) in [6.07, 6.45) is 3.08. The number of fused-ring (bicyclic) bond motifs is 1. The van der Waals surface area contributed by atoms with Gasteiger partial charge in [-0.15, -0.1) is 0 Å². The summed E-state index contributed by atoms with van der Waals surface area (Å²) in [4.78, 5) is 13.4. The van der Waals surface area contributed by atoms with E-state index in [-0.39, 0.29) is 11.8 Å². The monoisotopic (exact) mass is 467 g/mol. The minimum absolute atomic E-state index is 0.0121. The molecule has 4 nitrogen and oxygen atoms in total. The Hall–Kier alpha value is -3.79. The number of methoxy groups -OCH3 is 1. The van der Waals surface area contributed by atoms with Crippen molar-refractivity contribution in [3.63, 3.8) is 0 Å². The molecule has 1 amide bonds. The highest BCUT2D eigenvalue weighted by Gasteiger charge is 2.19. The Morgan fingerprint density at radius 1 is 0.914 bits per heavy atom. The lowest BCUT2D eigenvalue weighted by Gasteiger charge is -2.18. The van der Waals surface area contributed by atoms with Gasteiger partial charge >= 0.3 is 0 Å². The Balaban J connectivity index is 1.56. The summed E-state index contributed by atoms with van der Waals surface area (Å²) in [5.41, 5.74) is 4.03. The molecule has 0 bridgehead atoms. The van der Waals surface area contributed by atoms with E-state index >= 15 is 0 Å². The molecule has 0 radical (unpaired) electrons. The first-order chi connectivity index (χ1) is 17.1. The van der Waals surface area contributed by atoms with Gasteiger partial charge in [-0.25, -0.2) is 0 Å². The number of benzene rings is 4. The van der Waals surface area contributed by atoms with Crippen LogP contribution in [0.5, 0.6) is 11.5 Å². The van der Waals surface area contributed by atoms with Crippen LogP contribution in [0.15, 0.2) is 84.9 Å². The zero-order chi connectivity index (χ0) is 24.6. The van der Waals surface area contributed by atoms with Gasteiger partial charge in [-0.2, -0.15) is 0 Å². The van der Waals surface area contributed by atoms with Gasteiger partial charge in [0.15, 0.2) is 11.5 Å². The van der Waals surface area contributed by atoms with Crippen molar-refractivity contribution < 1.29 is 14.3 Å². The maximum atomic E-state index is 13.4. The highest BCUT2D eigenvalue weighted by Crippen LogP contribution is 2.30. The molecule has 0 spiro atoms. The largest absolute Gasteiger partial charge is 0.493 e. The van der Waals surface area contributed by atoms with E-state index in [1.165, 1.54) is 0 Å². The van der Waals surface area contributed by atoms with Crippen molar-refractivity contribution in [3.8, 4) is 11.5 Å². The quantitative estimate of drug-likeness (QED) is 0.262. The van der Waals surface area contributed by atoms with Crippen LogP contribution < -0.4 is 14.8 Å². The summed E-state index contributed by atoms with van der Waals surface area (Å²) in [7, 11) is 1.63. The minimum atomic E-state index is -0.284. The van der Waals surface area contributed by atoms with Gasteiger partial charge in [0.05, 0.1) is 13.0 Å². The third-order valence-corrected chi connectivity index (χ3v) is 6.38. The number of rotatable bonds is 10. The number of carbonyl (C=O) groups excluding carboxylic acids is 1. The van der Waals surface area contributed by atoms with E-state index in [0.29, 0.717) is 18.1 Å². The predicted octanol–water partition coefficient (Wildman–Crippen LogP) is 7.51. The first-order valence-corrected chi connectivity index (χ1v) is 12.3. The first kappa shape index (κ1) is 24.3. The molecule has 0 aliphatic rings. The number of para-hydroxylation sites is 2. The van der Waals surface area contributed by atoms with Crippen LogP contribution in [0, 0.1) is 0 Å². The summed E-state index contributed by atoms with van der Waals surface area (Å²) < 4.78 is 11.4. The molecule has 4 aromatic carbocycles. The Kier molecular flexibility index (Phi) is 8.04. The van der Waals surface area contributed by atoms with Gasteiger partial charge in [-0.3, -0.25) is 4.79 Å². The standard InChI is InChI=1S/C31H33NO3/c1-4-5-11-25-19-18-23(21-35-30-17-9-8-16-29(30)34-3)20-28(25)32-31(33)22(2)26-15-10-13-24-12-6-7-14-27(24)26/h6-10,12-20,22H,4-5,11,21H2,1-3H3,(H,32,33). The van der Waals surface area contributed by atoms with Crippen molar-refractivity contribution in [2.24, 2.45) is 0 Å². The van der Waals surface area contributed by atoms with Crippen LogP contribution in [0.1, 0.15) is 49.3 Å². The molecule has 0 fully saturated rings. The molecule has 0 saturated heterocycles. The lowest BCUT2D eigenvalue weighted by molar-refractivity contribution is -0.117. The zero-order valence-corrected chi connectivity index (χ0v) is 20.7. The summed E-state index contributed by atoms with van der Waals surface area (Å²) in [5.74, 6) is 1.10. The van der Waals surface area contributed by atoms with E-state index in [1.54, 1.807) is 7.11 Å². The number of amides is 1. The number of hydrogen-bond donors (Lipinski definition) is 1. The van der Waals surface area contributed by atoms with E-state index in [0.717, 1.165) is 52.4 Å². The number of anilines is 1. The first-order valence-electron chi connectivity index (χ1n) is 12.3. The number of nitrogens with one attached hydrogen (secondary N) is 1. The van der Waals surface area contributed by atoms with E-state index < -0.39 is 0 Å².